The molecule has 1 aromatic carbocycles. The summed E-state index contributed by atoms with van der Waals surface area (Å²) < 4.78 is 24.8. The monoisotopic (exact) mass is 562 g/mol. The number of carbonyl (C=O) groups is 2. The Labute approximate surface area is 230 Å². The van der Waals surface area contributed by atoms with Crippen LogP contribution in [0.5, 0.6) is 0 Å². The molecule has 0 spiro atoms. The summed E-state index contributed by atoms with van der Waals surface area (Å²) in [6.45, 7) is 11.4. The molecule has 0 radical (unpaired) electrons. The summed E-state index contributed by atoms with van der Waals surface area (Å²) in [6.07, 6.45) is 1.72. The predicted molar refractivity (Wildman–Crippen MR) is 145 cm³/mol. The number of thiazole rings is 1. The van der Waals surface area contributed by atoms with Crippen LogP contribution in [0.1, 0.15) is 64.6 Å². The first-order chi connectivity index (χ1) is 17.8. The van der Waals surface area contributed by atoms with Gasteiger partial charge in [0.05, 0.1) is 12.2 Å². The maximum Gasteiger partial charge on any atom is 0.407 e. The van der Waals surface area contributed by atoms with Gasteiger partial charge in [0.15, 0.2) is 10.8 Å². The molecule has 204 valence electrons. The summed E-state index contributed by atoms with van der Waals surface area (Å²) in [5, 5.41) is 8.94. The van der Waals surface area contributed by atoms with Crippen LogP contribution in [0.4, 0.5) is 9.18 Å². The van der Waals surface area contributed by atoms with Crippen molar-refractivity contribution in [3.63, 3.8) is 0 Å². The van der Waals surface area contributed by atoms with Gasteiger partial charge in [-0.3, -0.25) is 4.99 Å². The molecule has 1 aromatic heterocycles. The summed E-state index contributed by atoms with van der Waals surface area (Å²) in [4.78, 5) is 35.1. The highest BCUT2D eigenvalue weighted by Gasteiger charge is 2.53. The molecular formula is C27H32ClFN4O4S. The number of hydrogen-bond acceptors (Lipinski definition) is 8. The number of ether oxygens (including phenoxy) is 2. The molecule has 2 heterocycles. The number of nitrogens with zero attached hydrogens (tertiary/aromatic N) is 2. The molecule has 1 amide bonds. The van der Waals surface area contributed by atoms with Gasteiger partial charge in [-0.1, -0.05) is 31.5 Å². The first-order valence-corrected chi connectivity index (χ1v) is 13.7. The highest BCUT2D eigenvalue weighted by atomic mass is 35.5. The van der Waals surface area contributed by atoms with Crippen molar-refractivity contribution in [3.8, 4) is 0 Å². The van der Waals surface area contributed by atoms with Crippen LogP contribution in [0.15, 0.2) is 46.0 Å². The third kappa shape index (κ3) is 5.71. The summed E-state index contributed by atoms with van der Waals surface area (Å²) in [5.74, 6) is -0.724. The van der Waals surface area contributed by atoms with E-state index in [4.69, 9.17) is 26.1 Å². The molecule has 8 nitrogen and oxygen atoms in total. The van der Waals surface area contributed by atoms with Crippen LogP contribution in [-0.4, -0.2) is 41.1 Å². The van der Waals surface area contributed by atoms with Gasteiger partial charge in [-0.25, -0.2) is 19.0 Å². The number of carbonyl (C=O) groups excluding carboxylic acids is 2. The lowest BCUT2D eigenvalue weighted by atomic mass is 9.56. The average Bonchev–Trinajstić information content (AvgIpc) is 3.35. The van der Waals surface area contributed by atoms with E-state index in [1.54, 1.807) is 13.1 Å². The lowest BCUT2D eigenvalue weighted by molar-refractivity contribution is -0.139. The van der Waals surface area contributed by atoms with Crippen molar-refractivity contribution in [2.75, 3.05) is 6.61 Å². The Bertz CT molecular complexity index is 1290. The fraction of sp³-hybridized carbons (Fsp3) is 0.481. The number of benzene rings is 1. The van der Waals surface area contributed by atoms with E-state index < -0.39 is 34.9 Å². The van der Waals surface area contributed by atoms with E-state index in [-0.39, 0.29) is 23.6 Å². The average molecular weight is 563 g/mol. The first-order valence-electron chi connectivity index (χ1n) is 12.4. The number of rotatable bonds is 6. The zero-order valence-corrected chi connectivity index (χ0v) is 23.8. The van der Waals surface area contributed by atoms with E-state index in [2.05, 4.69) is 15.6 Å². The Morgan fingerprint density at radius 1 is 1.32 bits per heavy atom. The Morgan fingerprint density at radius 2 is 2.05 bits per heavy atom. The second kappa shape index (κ2) is 10.6. The zero-order chi connectivity index (χ0) is 27.8. The van der Waals surface area contributed by atoms with Gasteiger partial charge in [0, 0.05) is 39.8 Å². The molecule has 38 heavy (non-hydrogen) atoms. The maximum atomic E-state index is 13.9. The van der Waals surface area contributed by atoms with Gasteiger partial charge in [-0.05, 0) is 51.7 Å². The third-order valence-corrected chi connectivity index (χ3v) is 7.88. The van der Waals surface area contributed by atoms with E-state index >= 15 is 0 Å². The quantitative estimate of drug-likeness (QED) is 0.433. The maximum absolute atomic E-state index is 13.9. The Morgan fingerprint density at radius 3 is 2.63 bits per heavy atom. The van der Waals surface area contributed by atoms with E-state index in [1.807, 2.05) is 40.0 Å². The number of amides is 1. The molecule has 0 bridgehead atoms. The Hall–Kier alpha value is -2.98. The minimum Gasteiger partial charge on any atom is -0.463 e. The fourth-order valence-electron chi connectivity index (χ4n) is 4.78. The van der Waals surface area contributed by atoms with Gasteiger partial charge in [0.25, 0.3) is 0 Å². The highest BCUT2D eigenvalue weighted by molar-refractivity contribution is 7.11. The van der Waals surface area contributed by atoms with Gasteiger partial charge in [-0.15, -0.1) is 11.3 Å². The van der Waals surface area contributed by atoms with Crippen molar-refractivity contribution in [2.45, 2.75) is 65.6 Å². The Balaban J connectivity index is 1.77. The lowest BCUT2D eigenvalue weighted by Crippen LogP contribution is -2.61. The molecule has 3 atom stereocenters. The molecular weight excluding hydrogens is 531 g/mol. The minimum atomic E-state index is -0.842. The summed E-state index contributed by atoms with van der Waals surface area (Å²) in [6, 6.07) is 2.99. The molecule has 0 saturated heterocycles. The van der Waals surface area contributed by atoms with Gasteiger partial charge in [0.1, 0.15) is 17.5 Å². The molecule has 2 aliphatic rings. The number of aliphatic imine (C=N–C) groups is 1. The first kappa shape index (κ1) is 28.0. The smallest absolute Gasteiger partial charge is 0.407 e. The minimum absolute atomic E-state index is 0.151. The normalized spacial score (nSPS) is 22.6. The highest BCUT2D eigenvalue weighted by Crippen LogP contribution is 2.52. The van der Waals surface area contributed by atoms with Gasteiger partial charge >= 0.3 is 12.1 Å². The summed E-state index contributed by atoms with van der Waals surface area (Å²) >= 11 is 7.87. The number of nitrogens with one attached hydrogen (secondary N) is 2. The number of aromatic nitrogens is 1. The van der Waals surface area contributed by atoms with Crippen molar-refractivity contribution in [1.29, 1.82) is 0 Å². The fourth-order valence-corrected chi connectivity index (χ4v) is 5.64. The van der Waals surface area contributed by atoms with Crippen molar-refractivity contribution in [1.82, 2.24) is 15.6 Å². The van der Waals surface area contributed by atoms with Gasteiger partial charge in [-0.2, -0.15) is 0 Å². The largest absolute Gasteiger partial charge is 0.463 e. The van der Waals surface area contributed by atoms with Crippen molar-refractivity contribution >= 4 is 40.8 Å². The predicted octanol–water partition coefficient (Wildman–Crippen LogP) is 5.78. The SMILES string of the molecule is CCOC(=O)C1=C(C2CC(NC(=O)OC(C)(C)C)C2(C)C)NC(c2nccs2)=NC1c1ccc(F)cc1Cl. The van der Waals surface area contributed by atoms with Crippen LogP contribution >= 0.6 is 22.9 Å². The third-order valence-electron chi connectivity index (χ3n) is 6.77. The van der Waals surface area contributed by atoms with Crippen molar-refractivity contribution < 1.29 is 23.5 Å². The second-order valence-electron chi connectivity index (χ2n) is 10.9. The standard InChI is InChI=1S/C27H32ClFN4O4S/c1-7-36-24(34)19-20(15-9-8-14(29)12-17(15)28)32-22(23-30-10-11-38-23)33-21(19)16-13-18(27(16,5)6)31-25(35)37-26(2,3)4/h8-12,16,18,20H,7,13H2,1-6H3,(H,31,35)(H,32,33). The van der Waals surface area contributed by atoms with Gasteiger partial charge < -0.3 is 20.1 Å². The molecule has 1 saturated carbocycles. The molecule has 1 aliphatic carbocycles. The topological polar surface area (TPSA) is 102 Å². The van der Waals surface area contributed by atoms with E-state index in [1.165, 1.54) is 29.5 Å². The molecule has 1 fully saturated rings. The number of allylic oxidation sites excluding steroid dienone is 1. The summed E-state index contributed by atoms with van der Waals surface area (Å²) in [7, 11) is 0. The van der Waals surface area contributed by atoms with Crippen LogP contribution in [-0.2, 0) is 14.3 Å². The van der Waals surface area contributed by atoms with E-state index in [9.17, 15) is 14.0 Å². The summed E-state index contributed by atoms with van der Waals surface area (Å²) in [5.41, 5.74) is 0.322. The van der Waals surface area contributed by atoms with Crippen LogP contribution in [0.2, 0.25) is 5.02 Å². The van der Waals surface area contributed by atoms with Gasteiger partial charge in [0.2, 0.25) is 0 Å². The number of amidine groups is 1. The number of hydrogen-bond donors (Lipinski definition) is 2. The molecule has 2 N–H and O–H groups in total. The van der Waals surface area contributed by atoms with Crippen LogP contribution in [0.3, 0.4) is 0 Å². The van der Waals surface area contributed by atoms with E-state index in [0.717, 1.165) is 0 Å². The second-order valence-corrected chi connectivity index (χ2v) is 12.2. The lowest BCUT2D eigenvalue weighted by Gasteiger charge is -2.54. The van der Waals surface area contributed by atoms with Crippen molar-refractivity contribution in [2.24, 2.45) is 16.3 Å². The zero-order valence-electron chi connectivity index (χ0n) is 22.2. The van der Waals surface area contributed by atoms with Crippen molar-refractivity contribution in [3.05, 3.63) is 62.5 Å². The van der Waals surface area contributed by atoms with E-state index in [0.29, 0.717) is 34.1 Å². The molecule has 3 unspecified atom stereocenters. The molecule has 4 rings (SSSR count). The molecule has 2 aromatic rings. The van der Waals surface area contributed by atoms with Crippen LogP contribution in [0.25, 0.3) is 0 Å². The molecule has 11 heteroatoms. The number of alkyl carbamates (subject to hydrolysis) is 1. The van der Waals surface area contributed by atoms with Crippen LogP contribution in [0, 0.1) is 17.2 Å². The number of esters is 1. The molecule has 1 aliphatic heterocycles. The number of halogens is 2. The Kier molecular flexibility index (Phi) is 7.86. The van der Waals surface area contributed by atoms with Crippen LogP contribution < -0.4 is 10.6 Å².